The van der Waals surface area contributed by atoms with Crippen LogP contribution >= 0.6 is 0 Å². The van der Waals surface area contributed by atoms with E-state index in [1.54, 1.807) is 19.1 Å². The quantitative estimate of drug-likeness (QED) is 0.891. The third-order valence-electron chi connectivity index (χ3n) is 3.67. The molecule has 2 N–H and O–H groups in total. The van der Waals surface area contributed by atoms with Gasteiger partial charge in [-0.25, -0.2) is 0 Å². The van der Waals surface area contributed by atoms with Gasteiger partial charge in [0.05, 0.1) is 13.0 Å². The maximum absolute atomic E-state index is 12.6. The number of nitrogens with zero attached hydrogens (tertiary/aromatic N) is 1. The molecule has 0 unspecified atom stereocenters. The first-order valence-corrected chi connectivity index (χ1v) is 7.28. The molecule has 0 aromatic heterocycles. The number of nitrogens with two attached hydrogens (primary N) is 1. The van der Waals surface area contributed by atoms with Crippen molar-refractivity contribution < 1.29 is 9.53 Å². The zero-order valence-corrected chi connectivity index (χ0v) is 13.0. The molecule has 116 valence electrons. The van der Waals surface area contributed by atoms with Crippen molar-refractivity contribution in [2.75, 3.05) is 20.7 Å². The fraction of sp³-hybridized carbons (Fsp3) is 0.278. The number of hydrogen-bond acceptors (Lipinski definition) is 3. The number of rotatable bonds is 6. The monoisotopic (exact) mass is 298 g/mol. The van der Waals surface area contributed by atoms with Gasteiger partial charge in [-0.05, 0) is 23.3 Å². The lowest BCUT2D eigenvalue weighted by molar-refractivity contribution is -0.131. The number of benzene rings is 2. The fourth-order valence-electron chi connectivity index (χ4n) is 2.45. The third-order valence-corrected chi connectivity index (χ3v) is 3.67. The molecule has 1 amide bonds. The highest BCUT2D eigenvalue weighted by molar-refractivity contribution is 5.83. The molecule has 2 aromatic carbocycles. The highest BCUT2D eigenvalue weighted by Gasteiger charge is 2.22. The maximum atomic E-state index is 12.6. The Labute approximate surface area is 131 Å². The summed E-state index contributed by atoms with van der Waals surface area (Å²) in [6.45, 7) is 0.824. The van der Waals surface area contributed by atoms with Gasteiger partial charge in [0.15, 0.2) is 0 Å². The lowest BCUT2D eigenvalue weighted by atomic mass is 9.97. The smallest absolute Gasteiger partial charge is 0.231 e. The predicted octanol–water partition coefficient (Wildman–Crippen LogP) is 2.40. The molecule has 2 rings (SSSR count). The minimum absolute atomic E-state index is 0.0246. The van der Waals surface area contributed by atoms with Crippen LogP contribution in [0.3, 0.4) is 0 Å². The van der Waals surface area contributed by atoms with Crippen molar-refractivity contribution in [2.45, 2.75) is 12.5 Å². The summed E-state index contributed by atoms with van der Waals surface area (Å²) in [6.07, 6.45) is 0. The summed E-state index contributed by atoms with van der Waals surface area (Å²) in [5.74, 6) is 0.505. The average molecular weight is 298 g/mol. The van der Waals surface area contributed by atoms with E-state index in [0.29, 0.717) is 13.1 Å². The second-order valence-electron chi connectivity index (χ2n) is 5.24. The zero-order chi connectivity index (χ0) is 15.9. The maximum Gasteiger partial charge on any atom is 0.231 e. The molecular weight excluding hydrogens is 276 g/mol. The van der Waals surface area contributed by atoms with Gasteiger partial charge < -0.3 is 15.4 Å². The van der Waals surface area contributed by atoms with Crippen LogP contribution in [0.4, 0.5) is 0 Å². The van der Waals surface area contributed by atoms with Crippen molar-refractivity contribution in [3.63, 3.8) is 0 Å². The molecule has 4 nitrogen and oxygen atoms in total. The van der Waals surface area contributed by atoms with Crippen molar-refractivity contribution >= 4 is 5.91 Å². The Morgan fingerprint density at radius 3 is 2.55 bits per heavy atom. The number of carbonyl (C=O) groups excluding carboxylic acids is 1. The van der Waals surface area contributed by atoms with Crippen molar-refractivity contribution in [1.29, 1.82) is 0 Å². The number of carbonyl (C=O) groups is 1. The Morgan fingerprint density at radius 1 is 1.18 bits per heavy atom. The number of hydrogen-bond donors (Lipinski definition) is 1. The first-order chi connectivity index (χ1) is 10.7. The highest BCUT2D eigenvalue weighted by atomic mass is 16.5. The summed E-state index contributed by atoms with van der Waals surface area (Å²) in [5, 5.41) is 0. The lowest BCUT2D eigenvalue weighted by Crippen LogP contribution is -2.34. The number of likely N-dealkylation sites (N-methyl/N-ethyl adjacent to an activating group) is 1. The minimum atomic E-state index is -0.309. The van der Waals surface area contributed by atoms with Crippen LogP contribution in [-0.4, -0.2) is 31.5 Å². The van der Waals surface area contributed by atoms with Crippen molar-refractivity contribution in [3.8, 4) is 5.75 Å². The van der Waals surface area contributed by atoms with E-state index in [1.807, 2.05) is 54.6 Å². The van der Waals surface area contributed by atoms with Gasteiger partial charge in [-0.2, -0.15) is 0 Å². The van der Waals surface area contributed by atoms with E-state index in [1.165, 1.54) is 0 Å². The van der Waals surface area contributed by atoms with Gasteiger partial charge in [0.1, 0.15) is 5.75 Å². The number of methoxy groups -OCH3 is 1. The van der Waals surface area contributed by atoms with Gasteiger partial charge in [0, 0.05) is 20.1 Å². The molecule has 0 saturated carbocycles. The molecule has 0 aliphatic carbocycles. The third kappa shape index (κ3) is 3.86. The van der Waals surface area contributed by atoms with Crippen LogP contribution in [0.1, 0.15) is 17.0 Å². The van der Waals surface area contributed by atoms with Crippen LogP contribution in [0.2, 0.25) is 0 Å². The Morgan fingerprint density at radius 2 is 1.91 bits per heavy atom. The first kappa shape index (κ1) is 16.0. The normalized spacial score (nSPS) is 11.8. The summed E-state index contributed by atoms with van der Waals surface area (Å²) in [4.78, 5) is 14.4. The summed E-state index contributed by atoms with van der Waals surface area (Å²) < 4.78 is 5.21. The molecular formula is C18H22N2O2. The van der Waals surface area contributed by atoms with Gasteiger partial charge >= 0.3 is 0 Å². The molecule has 4 heteroatoms. The topological polar surface area (TPSA) is 55.6 Å². The van der Waals surface area contributed by atoms with E-state index >= 15 is 0 Å². The molecule has 2 aromatic rings. The van der Waals surface area contributed by atoms with Crippen LogP contribution in [0, 0.1) is 0 Å². The van der Waals surface area contributed by atoms with Crippen molar-refractivity contribution in [2.24, 2.45) is 5.73 Å². The minimum Gasteiger partial charge on any atom is -0.497 e. The van der Waals surface area contributed by atoms with E-state index in [9.17, 15) is 4.79 Å². The van der Waals surface area contributed by atoms with Crippen LogP contribution in [0.15, 0.2) is 54.6 Å². The molecule has 0 aliphatic heterocycles. The number of amides is 1. The Balaban J connectivity index is 2.10. The van der Waals surface area contributed by atoms with Crippen LogP contribution in [-0.2, 0) is 11.3 Å². The molecule has 1 atom stereocenters. The zero-order valence-electron chi connectivity index (χ0n) is 13.0. The van der Waals surface area contributed by atoms with Gasteiger partial charge in [0.2, 0.25) is 5.91 Å². The van der Waals surface area contributed by atoms with Gasteiger partial charge in [-0.15, -0.1) is 0 Å². The van der Waals surface area contributed by atoms with E-state index in [2.05, 4.69) is 0 Å². The van der Waals surface area contributed by atoms with Gasteiger partial charge in [-0.3, -0.25) is 4.79 Å². The summed E-state index contributed by atoms with van der Waals surface area (Å²) in [7, 11) is 3.43. The largest absolute Gasteiger partial charge is 0.497 e. The first-order valence-electron chi connectivity index (χ1n) is 7.28. The SMILES string of the molecule is COc1cccc(CN(C)C(=O)[C@@H](CN)c2ccccc2)c1. The molecule has 0 heterocycles. The Hall–Kier alpha value is -2.33. The van der Waals surface area contributed by atoms with Crippen LogP contribution in [0.5, 0.6) is 5.75 Å². The Bertz CT molecular complexity index is 613. The standard InChI is InChI=1S/C18H22N2O2/c1-20(13-14-7-6-10-16(11-14)22-2)18(21)17(12-19)15-8-4-3-5-9-15/h3-11,17H,12-13,19H2,1-2H3/t17-/m0/s1. The fourth-order valence-corrected chi connectivity index (χ4v) is 2.45. The average Bonchev–Trinajstić information content (AvgIpc) is 2.56. The van der Waals surface area contributed by atoms with Gasteiger partial charge in [0.25, 0.3) is 0 Å². The number of ether oxygens (including phenoxy) is 1. The van der Waals surface area contributed by atoms with Crippen molar-refractivity contribution in [3.05, 3.63) is 65.7 Å². The molecule has 22 heavy (non-hydrogen) atoms. The molecule has 0 fully saturated rings. The Kier molecular flexibility index (Phi) is 5.55. The molecule has 0 spiro atoms. The molecule has 0 saturated heterocycles. The predicted molar refractivity (Wildman–Crippen MR) is 87.7 cm³/mol. The summed E-state index contributed by atoms with van der Waals surface area (Å²) >= 11 is 0. The second kappa shape index (κ2) is 7.61. The molecule has 0 radical (unpaired) electrons. The molecule has 0 bridgehead atoms. The van der Waals surface area contributed by atoms with E-state index in [4.69, 9.17) is 10.5 Å². The van der Waals surface area contributed by atoms with Crippen molar-refractivity contribution in [1.82, 2.24) is 4.90 Å². The van der Waals surface area contributed by atoms with E-state index in [-0.39, 0.29) is 11.8 Å². The second-order valence-corrected chi connectivity index (χ2v) is 5.24. The van der Waals surface area contributed by atoms with Crippen LogP contribution in [0.25, 0.3) is 0 Å². The molecule has 0 aliphatic rings. The van der Waals surface area contributed by atoms with Crippen LogP contribution < -0.4 is 10.5 Å². The van der Waals surface area contributed by atoms with Gasteiger partial charge in [-0.1, -0.05) is 42.5 Å². The van der Waals surface area contributed by atoms with E-state index in [0.717, 1.165) is 16.9 Å². The lowest BCUT2D eigenvalue weighted by Gasteiger charge is -2.23. The summed E-state index contributed by atoms with van der Waals surface area (Å²) in [5.41, 5.74) is 7.79. The highest BCUT2D eigenvalue weighted by Crippen LogP contribution is 2.19. The van der Waals surface area contributed by atoms with E-state index < -0.39 is 0 Å². The summed E-state index contributed by atoms with van der Waals surface area (Å²) in [6, 6.07) is 17.4.